The van der Waals surface area contributed by atoms with Gasteiger partial charge in [-0.3, -0.25) is 14.5 Å². The second kappa shape index (κ2) is 11.1. The zero-order chi connectivity index (χ0) is 24.9. The van der Waals surface area contributed by atoms with E-state index in [1.165, 1.54) is 13.2 Å². The standard InChI is InChI=1S/C25H33N3O5S/c1-17-7-5-6-8-22(17)25(30)26-23-10-9-21(15-18(23)2)34(31,32)27-19(3)20-11-13-28(14-12-20)16-24(29)33-4/h5-10,15,19-20,27H,11-14,16H2,1-4H3,(H,26,30)/t19-/m1/s1. The van der Waals surface area contributed by atoms with Gasteiger partial charge in [-0.2, -0.15) is 0 Å². The van der Waals surface area contributed by atoms with Crippen molar-refractivity contribution in [2.75, 3.05) is 32.1 Å². The molecule has 8 nitrogen and oxygen atoms in total. The van der Waals surface area contributed by atoms with Crippen molar-refractivity contribution in [1.29, 1.82) is 0 Å². The van der Waals surface area contributed by atoms with Gasteiger partial charge in [0.25, 0.3) is 5.91 Å². The molecule has 1 fully saturated rings. The Balaban J connectivity index is 1.62. The molecular weight excluding hydrogens is 454 g/mol. The van der Waals surface area contributed by atoms with E-state index in [1.54, 1.807) is 31.2 Å². The van der Waals surface area contributed by atoms with Crippen molar-refractivity contribution in [1.82, 2.24) is 9.62 Å². The van der Waals surface area contributed by atoms with E-state index in [2.05, 4.69) is 10.0 Å². The first-order chi connectivity index (χ1) is 16.1. The molecule has 1 heterocycles. The Morgan fingerprint density at radius 3 is 2.38 bits per heavy atom. The summed E-state index contributed by atoms with van der Waals surface area (Å²) in [6.07, 6.45) is 1.59. The molecule has 1 aliphatic heterocycles. The number of nitrogens with zero attached hydrogens (tertiary/aromatic N) is 1. The van der Waals surface area contributed by atoms with E-state index in [0.29, 0.717) is 16.8 Å². The maximum Gasteiger partial charge on any atom is 0.319 e. The van der Waals surface area contributed by atoms with Crippen molar-refractivity contribution in [3.05, 3.63) is 59.2 Å². The zero-order valence-electron chi connectivity index (χ0n) is 20.1. The highest BCUT2D eigenvalue weighted by molar-refractivity contribution is 7.89. The van der Waals surface area contributed by atoms with Gasteiger partial charge in [0, 0.05) is 17.3 Å². The summed E-state index contributed by atoms with van der Waals surface area (Å²) < 4.78 is 33.5. The minimum absolute atomic E-state index is 0.161. The molecule has 1 aliphatic rings. The number of anilines is 1. The number of hydrogen-bond acceptors (Lipinski definition) is 6. The van der Waals surface area contributed by atoms with Crippen LogP contribution in [0, 0.1) is 19.8 Å². The predicted molar refractivity (Wildman–Crippen MR) is 131 cm³/mol. The molecule has 1 saturated heterocycles. The number of esters is 1. The molecule has 2 aromatic carbocycles. The Morgan fingerprint density at radius 1 is 1.09 bits per heavy atom. The molecule has 1 amide bonds. The van der Waals surface area contributed by atoms with E-state index >= 15 is 0 Å². The molecule has 0 unspecified atom stereocenters. The van der Waals surface area contributed by atoms with Crippen LogP contribution in [0.4, 0.5) is 5.69 Å². The average Bonchev–Trinajstić information content (AvgIpc) is 2.80. The normalized spacial score (nSPS) is 16.1. The molecule has 0 aliphatic carbocycles. The number of sulfonamides is 1. The number of aryl methyl sites for hydroxylation is 2. The van der Waals surface area contributed by atoms with Crippen molar-refractivity contribution in [3.63, 3.8) is 0 Å². The van der Waals surface area contributed by atoms with Crippen LogP contribution in [0.25, 0.3) is 0 Å². The summed E-state index contributed by atoms with van der Waals surface area (Å²) >= 11 is 0. The van der Waals surface area contributed by atoms with Crippen molar-refractivity contribution >= 4 is 27.6 Å². The minimum Gasteiger partial charge on any atom is -0.468 e. The summed E-state index contributed by atoms with van der Waals surface area (Å²) in [5, 5.41) is 2.87. The lowest BCUT2D eigenvalue weighted by molar-refractivity contribution is -0.142. The first-order valence-corrected chi connectivity index (χ1v) is 12.9. The topological polar surface area (TPSA) is 105 Å². The van der Waals surface area contributed by atoms with E-state index < -0.39 is 10.0 Å². The third kappa shape index (κ3) is 6.43. The SMILES string of the molecule is COC(=O)CN1CCC([C@@H](C)NS(=O)(=O)c2ccc(NC(=O)c3ccccc3C)c(C)c2)CC1. The Morgan fingerprint density at radius 2 is 1.76 bits per heavy atom. The van der Waals surface area contributed by atoms with Crippen LogP contribution in [-0.2, 0) is 19.6 Å². The summed E-state index contributed by atoms with van der Waals surface area (Å²) in [5.41, 5.74) is 2.67. The van der Waals surface area contributed by atoms with Crippen LogP contribution >= 0.6 is 0 Å². The highest BCUT2D eigenvalue weighted by atomic mass is 32.2. The van der Waals surface area contributed by atoms with E-state index in [4.69, 9.17) is 4.74 Å². The summed E-state index contributed by atoms with van der Waals surface area (Å²) in [5.74, 6) is -0.319. The lowest BCUT2D eigenvalue weighted by Crippen LogP contribution is -2.45. The van der Waals surface area contributed by atoms with Gasteiger partial charge in [-0.05, 0) is 88.0 Å². The third-order valence-electron chi connectivity index (χ3n) is 6.41. The third-order valence-corrected chi connectivity index (χ3v) is 7.96. The summed E-state index contributed by atoms with van der Waals surface area (Å²) in [4.78, 5) is 26.3. The fourth-order valence-electron chi connectivity index (χ4n) is 4.23. The molecule has 9 heteroatoms. The Labute approximate surface area is 201 Å². The number of likely N-dealkylation sites (tertiary alicyclic amines) is 1. The van der Waals surface area contributed by atoms with Crippen LogP contribution in [0.2, 0.25) is 0 Å². The summed E-state index contributed by atoms with van der Waals surface area (Å²) in [7, 11) is -2.35. The van der Waals surface area contributed by atoms with Crippen LogP contribution in [0.3, 0.4) is 0 Å². The fourth-order valence-corrected chi connectivity index (χ4v) is 5.63. The molecule has 0 aromatic heterocycles. The van der Waals surface area contributed by atoms with Crippen molar-refractivity contribution in [2.24, 2.45) is 5.92 Å². The highest BCUT2D eigenvalue weighted by Crippen LogP contribution is 2.24. The van der Waals surface area contributed by atoms with Gasteiger partial charge in [-0.25, -0.2) is 13.1 Å². The van der Waals surface area contributed by atoms with Gasteiger partial charge in [0.1, 0.15) is 0 Å². The van der Waals surface area contributed by atoms with Crippen LogP contribution in [0.5, 0.6) is 0 Å². The molecule has 184 valence electrons. The van der Waals surface area contributed by atoms with Crippen LogP contribution in [-0.4, -0.2) is 58.0 Å². The monoisotopic (exact) mass is 487 g/mol. The number of piperidine rings is 1. The summed E-state index contributed by atoms with van der Waals surface area (Å²) in [6, 6.07) is 11.8. The zero-order valence-corrected chi connectivity index (χ0v) is 20.9. The molecule has 2 N–H and O–H groups in total. The molecular formula is C25H33N3O5S. The summed E-state index contributed by atoms with van der Waals surface area (Å²) in [6.45, 7) is 7.22. The Kier molecular flexibility index (Phi) is 8.46. The molecule has 0 radical (unpaired) electrons. The number of benzene rings is 2. The number of rotatable bonds is 8. The van der Waals surface area contributed by atoms with Crippen molar-refractivity contribution in [2.45, 2.75) is 44.6 Å². The Bertz CT molecular complexity index is 1140. The molecule has 3 rings (SSSR count). The van der Waals surface area contributed by atoms with Crippen molar-refractivity contribution in [3.8, 4) is 0 Å². The Hall–Kier alpha value is -2.75. The van der Waals surface area contributed by atoms with Gasteiger partial charge in [0.15, 0.2) is 0 Å². The number of hydrogen-bond donors (Lipinski definition) is 2. The van der Waals surface area contributed by atoms with Crippen LogP contribution < -0.4 is 10.0 Å². The number of carbonyl (C=O) groups excluding carboxylic acids is 2. The van der Waals surface area contributed by atoms with Gasteiger partial charge < -0.3 is 10.1 Å². The first-order valence-electron chi connectivity index (χ1n) is 11.4. The minimum atomic E-state index is -3.72. The lowest BCUT2D eigenvalue weighted by Gasteiger charge is -2.34. The van der Waals surface area contributed by atoms with Gasteiger partial charge in [0.05, 0.1) is 18.6 Å². The van der Waals surface area contributed by atoms with Gasteiger partial charge in [-0.15, -0.1) is 0 Å². The molecule has 0 spiro atoms. The largest absolute Gasteiger partial charge is 0.468 e. The van der Waals surface area contributed by atoms with E-state index in [9.17, 15) is 18.0 Å². The number of nitrogens with one attached hydrogen (secondary N) is 2. The quantitative estimate of drug-likeness (QED) is 0.555. The number of methoxy groups -OCH3 is 1. The van der Waals surface area contributed by atoms with E-state index in [1.807, 2.05) is 30.9 Å². The van der Waals surface area contributed by atoms with Gasteiger partial charge in [-0.1, -0.05) is 18.2 Å². The molecule has 0 saturated carbocycles. The van der Waals surface area contributed by atoms with E-state index in [0.717, 1.165) is 31.5 Å². The van der Waals surface area contributed by atoms with Crippen molar-refractivity contribution < 1.29 is 22.7 Å². The first kappa shape index (κ1) is 25.9. The average molecular weight is 488 g/mol. The van der Waals surface area contributed by atoms with Gasteiger partial charge in [0.2, 0.25) is 10.0 Å². The predicted octanol–water partition coefficient (Wildman–Crippen LogP) is 3.11. The maximum atomic E-state index is 13.0. The molecule has 1 atom stereocenters. The second-order valence-corrected chi connectivity index (χ2v) is 10.6. The second-order valence-electron chi connectivity index (χ2n) is 8.85. The van der Waals surface area contributed by atoms with E-state index in [-0.39, 0.29) is 35.3 Å². The highest BCUT2D eigenvalue weighted by Gasteiger charge is 2.28. The lowest BCUT2D eigenvalue weighted by atomic mass is 9.91. The fraction of sp³-hybridized carbons (Fsp3) is 0.440. The maximum absolute atomic E-state index is 13.0. The van der Waals surface area contributed by atoms with Crippen LogP contribution in [0.15, 0.2) is 47.4 Å². The molecule has 34 heavy (non-hydrogen) atoms. The number of amides is 1. The smallest absolute Gasteiger partial charge is 0.319 e. The number of carbonyl (C=O) groups is 2. The molecule has 0 bridgehead atoms. The number of ether oxygens (including phenoxy) is 1. The van der Waals surface area contributed by atoms with Crippen LogP contribution in [0.1, 0.15) is 41.3 Å². The molecule has 2 aromatic rings. The van der Waals surface area contributed by atoms with Gasteiger partial charge >= 0.3 is 5.97 Å².